The van der Waals surface area contributed by atoms with Gasteiger partial charge in [-0.05, 0) is 43.5 Å². The highest BCUT2D eigenvalue weighted by Crippen LogP contribution is 2.39. The molecule has 2 rings (SSSR count). The number of allylic oxidation sites excluding steroid dienone is 1. The summed E-state index contributed by atoms with van der Waals surface area (Å²) in [6, 6.07) is 7.08. The molecular formula is C20H27NO6. The summed E-state index contributed by atoms with van der Waals surface area (Å²) in [5, 5.41) is 11.8. The zero-order chi connectivity index (χ0) is 19.8. The van der Waals surface area contributed by atoms with Crippen LogP contribution in [-0.4, -0.2) is 50.6 Å². The first kappa shape index (κ1) is 20.9. The summed E-state index contributed by atoms with van der Waals surface area (Å²) in [6.45, 7) is 2.37. The van der Waals surface area contributed by atoms with E-state index in [-0.39, 0.29) is 30.1 Å². The maximum atomic E-state index is 12.1. The van der Waals surface area contributed by atoms with Gasteiger partial charge in [0.25, 0.3) is 5.91 Å². The minimum Gasteiger partial charge on any atom is -0.465 e. The van der Waals surface area contributed by atoms with Crippen molar-refractivity contribution in [1.82, 2.24) is 5.32 Å². The summed E-state index contributed by atoms with van der Waals surface area (Å²) < 4.78 is 16.3. The second kappa shape index (κ2) is 10.1. The SMILES string of the molecule is CCO[C@H]1OC(C(=O)NC)=C[C@@H](c2ccc(C(=O)OC)cc2)[C@@H]1CCCO. The maximum absolute atomic E-state index is 12.1. The summed E-state index contributed by atoms with van der Waals surface area (Å²) in [6.07, 6.45) is 2.45. The number of aliphatic hydroxyl groups excluding tert-OH is 1. The fourth-order valence-corrected chi connectivity index (χ4v) is 3.23. The van der Waals surface area contributed by atoms with Crippen molar-refractivity contribution in [1.29, 1.82) is 0 Å². The fraction of sp³-hybridized carbons (Fsp3) is 0.500. The van der Waals surface area contributed by atoms with E-state index in [1.54, 1.807) is 25.3 Å². The van der Waals surface area contributed by atoms with Crippen LogP contribution in [0.3, 0.4) is 0 Å². The third-order valence-corrected chi connectivity index (χ3v) is 4.58. The standard InChI is InChI=1S/C20H27NO6/c1-4-26-20-15(6-5-11-22)16(12-17(27-20)18(23)21-2)13-7-9-14(10-8-13)19(24)25-3/h7-10,12,15-16,20,22H,4-6,11H2,1-3H3,(H,21,23)/t15-,16-,20-/m0/s1. The third-order valence-electron chi connectivity index (χ3n) is 4.58. The van der Waals surface area contributed by atoms with Gasteiger partial charge in [0.2, 0.25) is 6.29 Å². The number of carbonyl (C=O) groups excluding carboxylic acids is 2. The maximum Gasteiger partial charge on any atom is 0.337 e. The zero-order valence-electron chi connectivity index (χ0n) is 15.9. The molecular weight excluding hydrogens is 350 g/mol. The van der Waals surface area contributed by atoms with Gasteiger partial charge in [-0.25, -0.2) is 4.79 Å². The Morgan fingerprint density at radius 3 is 2.52 bits per heavy atom. The number of aliphatic hydroxyl groups is 1. The summed E-state index contributed by atoms with van der Waals surface area (Å²) >= 11 is 0. The molecule has 0 unspecified atom stereocenters. The second-order valence-electron chi connectivity index (χ2n) is 6.22. The molecule has 0 spiro atoms. The van der Waals surface area contributed by atoms with E-state index in [9.17, 15) is 14.7 Å². The van der Waals surface area contributed by atoms with Gasteiger partial charge in [-0.15, -0.1) is 0 Å². The van der Waals surface area contributed by atoms with Crippen molar-refractivity contribution in [2.45, 2.75) is 32.0 Å². The fourth-order valence-electron chi connectivity index (χ4n) is 3.23. The molecule has 1 heterocycles. The molecule has 7 nitrogen and oxygen atoms in total. The topological polar surface area (TPSA) is 94.1 Å². The van der Waals surface area contributed by atoms with E-state index in [1.165, 1.54) is 7.11 Å². The zero-order valence-corrected chi connectivity index (χ0v) is 15.9. The molecule has 2 N–H and O–H groups in total. The van der Waals surface area contributed by atoms with Crippen molar-refractivity contribution < 1.29 is 28.9 Å². The van der Waals surface area contributed by atoms with Gasteiger partial charge in [-0.1, -0.05) is 12.1 Å². The third kappa shape index (κ3) is 5.08. The number of benzene rings is 1. The minimum absolute atomic E-state index is 0.0648. The predicted octanol–water partition coefficient (Wildman–Crippen LogP) is 1.97. The van der Waals surface area contributed by atoms with E-state index < -0.39 is 12.3 Å². The lowest BCUT2D eigenvalue weighted by atomic mass is 9.80. The van der Waals surface area contributed by atoms with Gasteiger partial charge in [0.05, 0.1) is 12.7 Å². The number of likely N-dealkylation sites (N-methyl/N-ethyl adjacent to an activating group) is 1. The van der Waals surface area contributed by atoms with Crippen LogP contribution in [0.15, 0.2) is 36.1 Å². The van der Waals surface area contributed by atoms with Crippen LogP contribution in [0.1, 0.15) is 41.6 Å². The second-order valence-corrected chi connectivity index (χ2v) is 6.22. The average molecular weight is 377 g/mol. The molecule has 0 aromatic heterocycles. The normalized spacial score (nSPS) is 21.8. The number of hydrogen-bond donors (Lipinski definition) is 2. The van der Waals surface area contributed by atoms with Crippen molar-refractivity contribution >= 4 is 11.9 Å². The minimum atomic E-state index is -0.593. The summed E-state index contributed by atoms with van der Waals surface area (Å²) in [4.78, 5) is 23.8. The first-order valence-electron chi connectivity index (χ1n) is 9.07. The largest absolute Gasteiger partial charge is 0.465 e. The van der Waals surface area contributed by atoms with Crippen LogP contribution >= 0.6 is 0 Å². The van der Waals surface area contributed by atoms with Gasteiger partial charge in [0, 0.05) is 32.1 Å². The Kier molecular flexibility index (Phi) is 7.82. The van der Waals surface area contributed by atoms with E-state index in [0.29, 0.717) is 25.0 Å². The molecule has 0 fully saturated rings. The number of ether oxygens (including phenoxy) is 3. The van der Waals surface area contributed by atoms with Crippen molar-refractivity contribution in [3.8, 4) is 0 Å². The molecule has 0 aliphatic carbocycles. The number of methoxy groups -OCH3 is 1. The first-order valence-corrected chi connectivity index (χ1v) is 9.07. The first-order chi connectivity index (χ1) is 13.0. The van der Waals surface area contributed by atoms with Crippen LogP contribution < -0.4 is 5.32 Å². The lowest BCUT2D eigenvalue weighted by Crippen LogP contribution is -2.38. The predicted molar refractivity (Wildman–Crippen MR) is 99.0 cm³/mol. The molecule has 1 aliphatic rings. The van der Waals surface area contributed by atoms with E-state index >= 15 is 0 Å². The van der Waals surface area contributed by atoms with Crippen molar-refractivity contribution in [3.63, 3.8) is 0 Å². The number of esters is 1. The molecule has 0 saturated heterocycles. The average Bonchev–Trinajstić information content (AvgIpc) is 2.71. The molecule has 7 heteroatoms. The van der Waals surface area contributed by atoms with Gasteiger partial charge in [0.15, 0.2) is 5.76 Å². The Bertz CT molecular complexity index is 670. The summed E-state index contributed by atoms with van der Waals surface area (Å²) in [5.41, 5.74) is 1.39. The summed E-state index contributed by atoms with van der Waals surface area (Å²) in [7, 11) is 2.88. The van der Waals surface area contributed by atoms with Gasteiger partial charge < -0.3 is 24.6 Å². The molecule has 27 heavy (non-hydrogen) atoms. The van der Waals surface area contributed by atoms with E-state index in [0.717, 1.165) is 5.56 Å². The van der Waals surface area contributed by atoms with E-state index in [1.807, 2.05) is 19.1 Å². The Balaban J connectivity index is 2.40. The number of rotatable bonds is 8. The number of carbonyl (C=O) groups is 2. The molecule has 1 aromatic carbocycles. The van der Waals surface area contributed by atoms with Crippen molar-refractivity contribution in [2.24, 2.45) is 5.92 Å². The van der Waals surface area contributed by atoms with Crippen molar-refractivity contribution in [2.75, 3.05) is 27.4 Å². The van der Waals surface area contributed by atoms with E-state index in [4.69, 9.17) is 14.2 Å². The molecule has 3 atom stereocenters. The molecule has 0 radical (unpaired) electrons. The van der Waals surface area contributed by atoms with Crippen LogP contribution in [-0.2, 0) is 19.0 Å². The monoisotopic (exact) mass is 377 g/mol. The molecule has 0 bridgehead atoms. The van der Waals surface area contributed by atoms with Gasteiger partial charge in [-0.2, -0.15) is 0 Å². The lowest BCUT2D eigenvalue weighted by molar-refractivity contribution is -0.166. The highest BCUT2D eigenvalue weighted by molar-refractivity contribution is 5.91. The quantitative estimate of drug-likeness (QED) is 0.673. The number of amides is 1. The molecule has 0 saturated carbocycles. The van der Waals surface area contributed by atoms with Gasteiger partial charge in [-0.3, -0.25) is 4.79 Å². The highest BCUT2D eigenvalue weighted by atomic mass is 16.7. The number of nitrogens with one attached hydrogen (secondary N) is 1. The Morgan fingerprint density at radius 1 is 1.26 bits per heavy atom. The Morgan fingerprint density at radius 2 is 1.96 bits per heavy atom. The van der Waals surface area contributed by atoms with Gasteiger partial charge in [0.1, 0.15) is 0 Å². The Labute approximate surface area is 159 Å². The van der Waals surface area contributed by atoms with Crippen LogP contribution in [0.25, 0.3) is 0 Å². The molecule has 148 valence electrons. The van der Waals surface area contributed by atoms with Crippen LogP contribution in [0.2, 0.25) is 0 Å². The highest BCUT2D eigenvalue weighted by Gasteiger charge is 2.37. The number of hydrogen-bond acceptors (Lipinski definition) is 6. The molecule has 1 amide bonds. The van der Waals surface area contributed by atoms with Crippen LogP contribution in [0.5, 0.6) is 0 Å². The molecule has 1 aromatic rings. The lowest BCUT2D eigenvalue weighted by Gasteiger charge is -2.37. The van der Waals surface area contributed by atoms with Crippen molar-refractivity contribution in [3.05, 3.63) is 47.2 Å². The Hall–Kier alpha value is -2.38. The summed E-state index contributed by atoms with van der Waals surface area (Å²) in [5.74, 6) is -0.746. The van der Waals surface area contributed by atoms with Gasteiger partial charge >= 0.3 is 5.97 Å². The van der Waals surface area contributed by atoms with Crippen LogP contribution in [0.4, 0.5) is 0 Å². The molecule has 1 aliphatic heterocycles. The van der Waals surface area contributed by atoms with Crippen LogP contribution in [0, 0.1) is 5.92 Å². The van der Waals surface area contributed by atoms with E-state index in [2.05, 4.69) is 5.32 Å². The smallest absolute Gasteiger partial charge is 0.337 e.